The number of hydrogen-bond donors (Lipinski definition) is 9. The van der Waals surface area contributed by atoms with E-state index in [0.29, 0.717) is 0 Å². The number of nitrogens with one attached hydrogen (secondary N) is 2. The quantitative estimate of drug-likeness (QED) is 0.0384. The molecule has 350 valence electrons. The number of fused-ring (bicyclic) bond motifs is 1. The molecule has 0 aromatic carbocycles. The summed E-state index contributed by atoms with van der Waals surface area (Å²) >= 11 is 0.883. The Balaban J connectivity index is 1.19. The normalized spacial score (nSPS) is 23.7. The van der Waals surface area contributed by atoms with Crippen LogP contribution < -0.4 is 16.4 Å². The molecule has 3 heterocycles. The van der Waals surface area contributed by atoms with Gasteiger partial charge in [-0.3, -0.25) is 37.3 Å². The maximum absolute atomic E-state index is 12.8. The number of nitrogens with zero attached hydrogens (tertiary/aromatic N) is 4. The average Bonchev–Trinajstić information content (AvgIpc) is 3.73. The zero-order valence-corrected chi connectivity index (χ0v) is 37.3. The Bertz CT molecular complexity index is 2050. The summed E-state index contributed by atoms with van der Waals surface area (Å²) in [5.74, 6) is -1.68. The monoisotopic (exact) mass is 963 g/mol. The highest BCUT2D eigenvalue weighted by molar-refractivity contribution is 8.13. The van der Waals surface area contributed by atoms with Gasteiger partial charge >= 0.3 is 23.5 Å². The lowest BCUT2D eigenvalue weighted by Crippen LogP contribution is -2.46. The van der Waals surface area contributed by atoms with E-state index in [0.717, 1.165) is 61.1 Å². The van der Waals surface area contributed by atoms with Crippen LogP contribution in [0.25, 0.3) is 11.2 Å². The molecular weight excluding hydrogens is 911 g/mol. The van der Waals surface area contributed by atoms with Gasteiger partial charge in [-0.15, -0.1) is 0 Å². The molecule has 7 unspecified atom stereocenters. The number of phosphoric acid groups is 3. The molecule has 1 saturated heterocycles. The summed E-state index contributed by atoms with van der Waals surface area (Å²) in [5.41, 5.74) is 2.26. The summed E-state index contributed by atoms with van der Waals surface area (Å²) in [6.07, 6.45) is -0.803. The van der Waals surface area contributed by atoms with Crippen LogP contribution in [-0.4, -0.2) is 141 Å². The van der Waals surface area contributed by atoms with E-state index in [-0.39, 0.29) is 72.3 Å². The van der Waals surface area contributed by atoms with Crippen molar-refractivity contribution in [2.75, 3.05) is 44.4 Å². The number of ketones is 1. The van der Waals surface area contributed by atoms with Crippen LogP contribution in [0.4, 0.5) is 5.82 Å². The number of imidazole rings is 1. The first-order valence-electron chi connectivity index (χ1n) is 19.0. The lowest BCUT2D eigenvalue weighted by atomic mass is 9.87. The molecule has 4 rings (SSSR count). The zero-order chi connectivity index (χ0) is 46.1. The second-order valence-electron chi connectivity index (χ2n) is 15.1. The van der Waals surface area contributed by atoms with Gasteiger partial charge in [0, 0.05) is 30.7 Å². The Morgan fingerprint density at radius 3 is 2.39 bits per heavy atom. The Morgan fingerprint density at radius 1 is 1.03 bits per heavy atom. The number of Topliss-reactive ketones (excluding diaryl/α,β-unsaturated/α-hetero) is 1. The first kappa shape index (κ1) is 51.8. The second-order valence-corrected chi connectivity index (χ2v) is 20.5. The standard InChI is InChI=1S/C32H52N7O19P3S/c1-31(2,27(44)30(45)35-10-9-22(41)34-11-12-62-23(42)13-19(40)14-53-20-7-5-4-6-8-20)16-55-61(51,52)58-60(49,50)54-15-21-25(57-59(46,47)48)26(43)32(3,56-21)39-18-38-24-28(33)36-17-37-29(24)39/h17-18,20-21,25-27,43-44H,4-16H2,1-3H3,(H,34,41)(H,35,45)(H,49,50)(H,51,52)(H2,33,36,37)(H2,46,47,48). The molecular formula is C32H52N7O19P3S. The summed E-state index contributed by atoms with van der Waals surface area (Å²) in [5, 5.41) is 26.3. The molecule has 0 bridgehead atoms. The minimum atomic E-state index is -5.61. The molecule has 2 amide bonds. The molecule has 1 aliphatic heterocycles. The summed E-state index contributed by atoms with van der Waals surface area (Å²) in [4.78, 5) is 100. The molecule has 1 saturated carbocycles. The number of nitrogens with two attached hydrogens (primary N) is 1. The summed E-state index contributed by atoms with van der Waals surface area (Å²) in [6, 6.07) is 0. The van der Waals surface area contributed by atoms with Gasteiger partial charge in [0.15, 0.2) is 28.1 Å². The van der Waals surface area contributed by atoms with Gasteiger partial charge in [-0.2, -0.15) is 4.31 Å². The number of thioether (sulfide) groups is 1. The van der Waals surface area contributed by atoms with E-state index in [1.165, 1.54) is 20.8 Å². The van der Waals surface area contributed by atoms with Crippen LogP contribution in [0.15, 0.2) is 12.7 Å². The SMILES string of the molecule is CC(C)(COP(=O)(O)OP(=O)(O)OCC1OC(C)(n2cnc3c(N)ncnc32)C(O)C1OP(=O)(O)O)C(O)C(=O)NCCC(=O)NCCSC(=O)CC(=O)COC1CCCCC1. The molecule has 0 radical (unpaired) electrons. The van der Waals surface area contributed by atoms with Crippen LogP contribution in [0.3, 0.4) is 0 Å². The van der Waals surface area contributed by atoms with Crippen molar-refractivity contribution >= 4 is 74.9 Å². The fourth-order valence-electron chi connectivity index (χ4n) is 6.31. The van der Waals surface area contributed by atoms with Crippen molar-refractivity contribution in [3.05, 3.63) is 12.7 Å². The van der Waals surface area contributed by atoms with E-state index in [1.807, 2.05) is 0 Å². The highest BCUT2D eigenvalue weighted by atomic mass is 32.2. The van der Waals surface area contributed by atoms with Crippen molar-refractivity contribution < 1.29 is 90.0 Å². The Kier molecular flexibility index (Phi) is 18.3. The molecule has 2 aromatic heterocycles. The highest BCUT2D eigenvalue weighted by Gasteiger charge is 2.57. The molecule has 7 atom stereocenters. The van der Waals surface area contributed by atoms with E-state index in [2.05, 4.69) is 29.9 Å². The maximum Gasteiger partial charge on any atom is 0.481 e. The van der Waals surface area contributed by atoms with Crippen molar-refractivity contribution in [2.45, 2.75) is 102 Å². The van der Waals surface area contributed by atoms with Crippen LogP contribution in [0.2, 0.25) is 0 Å². The van der Waals surface area contributed by atoms with Gasteiger partial charge < -0.3 is 55.6 Å². The first-order valence-corrected chi connectivity index (χ1v) is 24.5. The van der Waals surface area contributed by atoms with Crippen LogP contribution in [0.5, 0.6) is 0 Å². The van der Waals surface area contributed by atoms with Gasteiger partial charge in [-0.1, -0.05) is 44.9 Å². The number of amides is 2. The molecule has 62 heavy (non-hydrogen) atoms. The Hall–Kier alpha value is -2.81. The van der Waals surface area contributed by atoms with Gasteiger partial charge in [-0.25, -0.2) is 28.6 Å². The largest absolute Gasteiger partial charge is 0.481 e. The van der Waals surface area contributed by atoms with Crippen molar-refractivity contribution in [1.82, 2.24) is 30.2 Å². The molecule has 10 N–H and O–H groups in total. The molecule has 2 aliphatic rings. The van der Waals surface area contributed by atoms with Crippen molar-refractivity contribution in [1.29, 1.82) is 0 Å². The van der Waals surface area contributed by atoms with E-state index in [4.69, 9.17) is 28.8 Å². The minimum Gasteiger partial charge on any atom is -0.385 e. The number of aliphatic hydroxyl groups is 2. The minimum absolute atomic E-state index is 0.0121. The van der Waals surface area contributed by atoms with Gasteiger partial charge in [0.1, 0.15) is 42.9 Å². The van der Waals surface area contributed by atoms with Crippen molar-refractivity contribution in [3.63, 3.8) is 0 Å². The summed E-state index contributed by atoms with van der Waals surface area (Å²) < 4.78 is 68.4. The van der Waals surface area contributed by atoms with Crippen LogP contribution >= 0.6 is 35.2 Å². The molecule has 1 aliphatic carbocycles. The second kappa shape index (κ2) is 21.9. The lowest BCUT2D eigenvalue weighted by Gasteiger charge is -2.30. The number of hydrogen-bond acceptors (Lipinski definition) is 20. The summed E-state index contributed by atoms with van der Waals surface area (Å²) in [6.45, 7) is 1.38. The van der Waals surface area contributed by atoms with Crippen molar-refractivity contribution in [3.8, 4) is 0 Å². The maximum atomic E-state index is 12.8. The third-order valence-electron chi connectivity index (χ3n) is 9.62. The van der Waals surface area contributed by atoms with Gasteiger partial charge in [0.05, 0.1) is 32.1 Å². The zero-order valence-electron chi connectivity index (χ0n) is 33.8. The van der Waals surface area contributed by atoms with Crippen LogP contribution in [0.1, 0.15) is 65.7 Å². The summed E-state index contributed by atoms with van der Waals surface area (Å²) in [7, 11) is -16.5. The first-order chi connectivity index (χ1) is 28.8. The smallest absolute Gasteiger partial charge is 0.385 e. The molecule has 2 aromatic rings. The lowest BCUT2D eigenvalue weighted by molar-refractivity contribution is -0.137. The van der Waals surface area contributed by atoms with Gasteiger partial charge in [-0.05, 0) is 19.8 Å². The predicted octanol–water partition coefficient (Wildman–Crippen LogP) is 0.147. The number of nitrogen functional groups attached to an aromatic ring is 1. The van der Waals surface area contributed by atoms with Crippen LogP contribution in [0, 0.1) is 5.41 Å². The van der Waals surface area contributed by atoms with Crippen LogP contribution in [-0.2, 0) is 66.0 Å². The number of carbonyl (C=O) groups is 4. The number of aromatic nitrogens is 4. The predicted molar refractivity (Wildman–Crippen MR) is 214 cm³/mol. The van der Waals surface area contributed by atoms with E-state index in [1.54, 1.807) is 0 Å². The average molecular weight is 964 g/mol. The van der Waals surface area contributed by atoms with Gasteiger partial charge in [0.25, 0.3) is 0 Å². The fourth-order valence-corrected chi connectivity index (χ4v) is 9.83. The number of anilines is 1. The Morgan fingerprint density at radius 2 is 1.71 bits per heavy atom. The van der Waals surface area contributed by atoms with Crippen molar-refractivity contribution in [2.24, 2.45) is 5.41 Å². The molecule has 2 fully saturated rings. The third-order valence-corrected chi connectivity index (χ3v) is 13.6. The van der Waals surface area contributed by atoms with Gasteiger partial charge in [0.2, 0.25) is 11.8 Å². The topological polar surface area (TPSA) is 390 Å². The fraction of sp³-hybridized carbons (Fsp3) is 0.719. The molecule has 30 heteroatoms. The molecule has 26 nitrogen and oxygen atoms in total. The number of carbonyl (C=O) groups excluding carboxylic acids is 4. The van der Waals surface area contributed by atoms with E-state index < -0.39 is 84.1 Å². The van der Waals surface area contributed by atoms with E-state index >= 15 is 0 Å². The van der Waals surface area contributed by atoms with E-state index in [9.17, 15) is 62.7 Å². The highest BCUT2D eigenvalue weighted by Crippen LogP contribution is 2.61. The number of phosphoric ester groups is 3. The third kappa shape index (κ3) is 15.1. The Labute approximate surface area is 358 Å². The number of rotatable bonds is 24. The number of ether oxygens (including phenoxy) is 2. The number of aliphatic hydroxyl groups excluding tert-OH is 2. The molecule has 0 spiro atoms.